The van der Waals surface area contributed by atoms with E-state index in [1.54, 1.807) is 0 Å². The van der Waals surface area contributed by atoms with Gasteiger partial charge < -0.3 is 15.0 Å². The highest BCUT2D eigenvalue weighted by Gasteiger charge is 2.16. The van der Waals surface area contributed by atoms with Crippen molar-refractivity contribution in [2.24, 2.45) is 0 Å². The third-order valence-electron chi connectivity index (χ3n) is 4.62. The highest BCUT2D eigenvalue weighted by atomic mass is 32.1. The molecule has 3 aromatic rings. The van der Waals surface area contributed by atoms with Gasteiger partial charge >= 0.3 is 0 Å². The summed E-state index contributed by atoms with van der Waals surface area (Å²) in [5, 5.41) is 3.84. The zero-order chi connectivity index (χ0) is 19.3. The zero-order valence-electron chi connectivity index (χ0n) is 15.7. The zero-order valence-corrected chi connectivity index (χ0v) is 16.5. The van der Waals surface area contributed by atoms with Gasteiger partial charge in [-0.1, -0.05) is 36.4 Å². The fourth-order valence-corrected chi connectivity index (χ4v) is 4.06. The van der Waals surface area contributed by atoms with E-state index in [0.717, 1.165) is 53.9 Å². The first-order valence-corrected chi connectivity index (χ1v) is 10.1. The van der Waals surface area contributed by atoms with Gasteiger partial charge in [-0.2, -0.15) is 0 Å². The van der Waals surface area contributed by atoms with E-state index < -0.39 is 0 Å². The van der Waals surface area contributed by atoms with Gasteiger partial charge in [0.25, 0.3) is 5.91 Å². The Hall–Kier alpha value is -2.77. The smallest absolute Gasteiger partial charge is 0.263 e. The maximum absolute atomic E-state index is 12.6. The molecule has 0 spiro atoms. The second kappa shape index (κ2) is 8.50. The molecule has 2 aromatic heterocycles. The molecule has 1 amide bonds. The molecule has 1 fully saturated rings. The summed E-state index contributed by atoms with van der Waals surface area (Å²) in [5.41, 5.74) is 2.75. The fourth-order valence-electron chi connectivity index (χ4n) is 3.07. The van der Waals surface area contributed by atoms with Crippen LogP contribution in [0.2, 0.25) is 0 Å². The number of carbonyl (C=O) groups excluding carboxylic acids is 1. The molecule has 0 radical (unpaired) electrons. The number of aryl methyl sites for hydroxylation is 1. The molecular formula is C21H22N4O2S. The number of nitrogens with zero attached hydrogens (tertiary/aromatic N) is 3. The van der Waals surface area contributed by atoms with E-state index in [1.807, 2.05) is 55.6 Å². The topological polar surface area (TPSA) is 67.4 Å². The number of ether oxygens (including phenoxy) is 1. The van der Waals surface area contributed by atoms with Gasteiger partial charge in [0.2, 0.25) is 0 Å². The van der Waals surface area contributed by atoms with Crippen LogP contribution in [0.25, 0.3) is 10.6 Å². The Balaban J connectivity index is 1.38. The van der Waals surface area contributed by atoms with Crippen molar-refractivity contribution in [1.29, 1.82) is 0 Å². The van der Waals surface area contributed by atoms with Crippen LogP contribution in [0.4, 0.5) is 5.82 Å². The summed E-state index contributed by atoms with van der Waals surface area (Å²) in [6.07, 6.45) is 1.82. The second-order valence-corrected chi connectivity index (χ2v) is 7.61. The molecule has 6 nitrogen and oxygen atoms in total. The minimum absolute atomic E-state index is 0.102. The number of hydrogen-bond acceptors (Lipinski definition) is 6. The summed E-state index contributed by atoms with van der Waals surface area (Å²) >= 11 is 1.42. The highest BCUT2D eigenvalue weighted by molar-refractivity contribution is 7.17. The maximum atomic E-state index is 12.6. The molecule has 1 aromatic carbocycles. The number of anilines is 1. The van der Waals surface area contributed by atoms with Gasteiger partial charge in [-0.25, -0.2) is 9.97 Å². The normalized spacial score (nSPS) is 14.1. The number of benzene rings is 1. The lowest BCUT2D eigenvalue weighted by Gasteiger charge is -2.27. The minimum Gasteiger partial charge on any atom is -0.378 e. The molecule has 0 unspecified atom stereocenters. The summed E-state index contributed by atoms with van der Waals surface area (Å²) < 4.78 is 5.37. The SMILES string of the molecule is Cc1nc(-c2ccccc2)sc1C(=O)NCc1ccc(N2CCOCC2)nc1. The number of carbonyl (C=O) groups is 1. The molecule has 4 rings (SSSR count). The second-order valence-electron chi connectivity index (χ2n) is 6.61. The Labute approximate surface area is 168 Å². The lowest BCUT2D eigenvalue weighted by atomic mass is 10.2. The van der Waals surface area contributed by atoms with Gasteiger partial charge in [-0.15, -0.1) is 11.3 Å². The molecule has 28 heavy (non-hydrogen) atoms. The third kappa shape index (κ3) is 4.21. The van der Waals surface area contributed by atoms with Gasteiger partial charge in [-0.3, -0.25) is 4.79 Å². The average Bonchev–Trinajstić information content (AvgIpc) is 3.15. The molecular weight excluding hydrogens is 372 g/mol. The van der Waals surface area contributed by atoms with Gasteiger partial charge in [0.1, 0.15) is 15.7 Å². The number of morpholine rings is 1. The van der Waals surface area contributed by atoms with Crippen molar-refractivity contribution in [3.63, 3.8) is 0 Å². The van der Waals surface area contributed by atoms with Gasteiger partial charge in [-0.05, 0) is 18.6 Å². The van der Waals surface area contributed by atoms with E-state index in [0.29, 0.717) is 11.4 Å². The molecule has 0 saturated carbocycles. The number of rotatable bonds is 5. The van der Waals surface area contributed by atoms with Crippen LogP contribution < -0.4 is 10.2 Å². The van der Waals surface area contributed by atoms with E-state index in [2.05, 4.69) is 20.2 Å². The lowest BCUT2D eigenvalue weighted by molar-refractivity contribution is 0.0954. The molecule has 3 heterocycles. The van der Waals surface area contributed by atoms with Crippen molar-refractivity contribution in [3.05, 3.63) is 64.8 Å². The number of hydrogen-bond donors (Lipinski definition) is 1. The Bertz CT molecular complexity index is 935. The molecule has 1 aliphatic heterocycles. The number of nitrogens with one attached hydrogen (secondary N) is 1. The Morgan fingerprint density at radius 1 is 1.18 bits per heavy atom. The standard InChI is InChI=1S/C21H22N4O2S/c1-15-19(28-21(24-15)17-5-3-2-4-6-17)20(26)23-14-16-7-8-18(22-13-16)25-9-11-27-12-10-25/h2-8,13H,9-12,14H2,1H3,(H,23,26). The third-order valence-corrected chi connectivity index (χ3v) is 5.83. The van der Waals surface area contributed by atoms with Crippen LogP contribution in [0.5, 0.6) is 0 Å². The molecule has 144 valence electrons. The number of pyridine rings is 1. The van der Waals surface area contributed by atoms with Crippen LogP contribution in [-0.4, -0.2) is 42.2 Å². The fraction of sp³-hybridized carbons (Fsp3) is 0.286. The summed E-state index contributed by atoms with van der Waals surface area (Å²) in [7, 11) is 0. The summed E-state index contributed by atoms with van der Waals surface area (Å²) in [6, 6.07) is 13.9. The Kier molecular flexibility index (Phi) is 5.64. The van der Waals surface area contributed by atoms with Crippen LogP contribution >= 0.6 is 11.3 Å². The summed E-state index contributed by atoms with van der Waals surface area (Å²) in [4.78, 5) is 24.5. The first-order valence-electron chi connectivity index (χ1n) is 9.29. The predicted octanol–water partition coefficient (Wildman–Crippen LogP) is 3.28. The molecule has 7 heteroatoms. The molecule has 1 N–H and O–H groups in total. The van der Waals surface area contributed by atoms with E-state index >= 15 is 0 Å². The van der Waals surface area contributed by atoms with Gasteiger partial charge in [0, 0.05) is 31.4 Å². The van der Waals surface area contributed by atoms with Crippen LogP contribution in [-0.2, 0) is 11.3 Å². The number of amides is 1. The molecule has 0 atom stereocenters. The molecule has 0 aliphatic carbocycles. The largest absolute Gasteiger partial charge is 0.378 e. The van der Waals surface area contributed by atoms with Crippen molar-refractivity contribution in [2.75, 3.05) is 31.2 Å². The van der Waals surface area contributed by atoms with Crippen LogP contribution in [0, 0.1) is 6.92 Å². The molecule has 1 saturated heterocycles. The lowest BCUT2D eigenvalue weighted by Crippen LogP contribution is -2.36. The van der Waals surface area contributed by atoms with Gasteiger partial charge in [0.05, 0.1) is 18.9 Å². The number of aromatic nitrogens is 2. The average molecular weight is 395 g/mol. The first-order chi connectivity index (χ1) is 13.7. The van der Waals surface area contributed by atoms with Crippen molar-refractivity contribution in [3.8, 4) is 10.6 Å². The van der Waals surface area contributed by atoms with Gasteiger partial charge in [0.15, 0.2) is 0 Å². The Morgan fingerprint density at radius 3 is 2.68 bits per heavy atom. The van der Waals surface area contributed by atoms with Crippen molar-refractivity contribution in [1.82, 2.24) is 15.3 Å². The van der Waals surface area contributed by atoms with E-state index in [-0.39, 0.29) is 5.91 Å². The minimum atomic E-state index is -0.102. The van der Waals surface area contributed by atoms with Crippen molar-refractivity contribution >= 4 is 23.1 Å². The molecule has 1 aliphatic rings. The van der Waals surface area contributed by atoms with Crippen molar-refractivity contribution < 1.29 is 9.53 Å². The predicted molar refractivity (Wildman–Crippen MR) is 111 cm³/mol. The maximum Gasteiger partial charge on any atom is 0.263 e. The molecule has 0 bridgehead atoms. The first kappa shape index (κ1) is 18.6. The quantitative estimate of drug-likeness (QED) is 0.719. The van der Waals surface area contributed by atoms with Crippen LogP contribution in [0.15, 0.2) is 48.7 Å². The van der Waals surface area contributed by atoms with Crippen molar-refractivity contribution in [2.45, 2.75) is 13.5 Å². The summed E-state index contributed by atoms with van der Waals surface area (Å²) in [5.74, 6) is 0.846. The summed E-state index contributed by atoms with van der Waals surface area (Å²) in [6.45, 7) is 5.50. The number of thiazole rings is 1. The van der Waals surface area contributed by atoms with Crippen LogP contribution in [0.1, 0.15) is 20.9 Å². The van der Waals surface area contributed by atoms with Crippen LogP contribution in [0.3, 0.4) is 0 Å². The highest BCUT2D eigenvalue weighted by Crippen LogP contribution is 2.27. The van der Waals surface area contributed by atoms with E-state index in [1.165, 1.54) is 11.3 Å². The monoisotopic (exact) mass is 394 g/mol. The van der Waals surface area contributed by atoms with E-state index in [9.17, 15) is 4.79 Å². The van der Waals surface area contributed by atoms with E-state index in [4.69, 9.17) is 4.74 Å². The Morgan fingerprint density at radius 2 is 1.96 bits per heavy atom.